The van der Waals surface area contributed by atoms with Gasteiger partial charge in [-0.3, -0.25) is 4.79 Å². The van der Waals surface area contributed by atoms with Gasteiger partial charge in [0.15, 0.2) is 6.04 Å². The fourth-order valence-corrected chi connectivity index (χ4v) is 4.15. The molecule has 1 heterocycles. The Kier molecular flexibility index (Phi) is 20.8. The van der Waals surface area contributed by atoms with Crippen LogP contribution in [0.4, 0.5) is 0 Å². The van der Waals surface area contributed by atoms with Gasteiger partial charge in [0.1, 0.15) is 0 Å². The highest BCUT2D eigenvalue weighted by atomic mass is 16.2. The molecule has 5 nitrogen and oxygen atoms in total. The molecule has 0 bridgehead atoms. The number of quaternary nitrogens is 1. The van der Waals surface area contributed by atoms with Crippen molar-refractivity contribution in [1.29, 1.82) is 0 Å². The Balaban J connectivity index is 0. The Bertz CT molecular complexity index is 673. The first-order valence-corrected chi connectivity index (χ1v) is 13.4. The van der Waals surface area contributed by atoms with Gasteiger partial charge in [-0.05, 0) is 52.8 Å². The van der Waals surface area contributed by atoms with E-state index in [9.17, 15) is 4.79 Å². The van der Waals surface area contributed by atoms with Crippen LogP contribution in [0.1, 0.15) is 91.2 Å². The van der Waals surface area contributed by atoms with Crippen molar-refractivity contribution in [1.82, 2.24) is 15.6 Å². The molecule has 0 radical (unpaired) electrons. The van der Waals surface area contributed by atoms with Gasteiger partial charge in [-0.2, -0.15) is 5.43 Å². The lowest BCUT2D eigenvalue weighted by Crippen LogP contribution is -2.62. The second kappa shape index (κ2) is 20.5. The number of amides is 1. The molecule has 0 aromatic heterocycles. The third-order valence-electron chi connectivity index (χ3n) is 6.06. The molecule has 1 aromatic rings. The summed E-state index contributed by atoms with van der Waals surface area (Å²) in [7, 11) is 5.94. The third kappa shape index (κ3) is 14.5. The average Bonchev–Trinajstić information content (AvgIpc) is 3.18. The van der Waals surface area contributed by atoms with Gasteiger partial charge in [0.2, 0.25) is 0 Å². The van der Waals surface area contributed by atoms with Gasteiger partial charge >= 0.3 is 0 Å². The van der Waals surface area contributed by atoms with Crippen LogP contribution in [-0.2, 0) is 11.3 Å². The molecule has 2 atom stereocenters. The number of likely N-dealkylation sites (N-methyl/N-ethyl adjacent to an activating group) is 1. The van der Waals surface area contributed by atoms with Crippen LogP contribution in [0.3, 0.4) is 0 Å². The first-order valence-electron chi connectivity index (χ1n) is 13.4. The normalized spacial score (nSPS) is 18.3. The number of carbonyl (C=O) groups excluding carboxylic acids is 1. The molecule has 204 valence electrons. The zero-order valence-electron chi connectivity index (χ0n) is 23.7. The second-order valence-corrected chi connectivity index (χ2v) is 9.86. The van der Waals surface area contributed by atoms with Gasteiger partial charge in [-0.15, -0.1) is 6.58 Å². The van der Waals surface area contributed by atoms with E-state index in [2.05, 4.69) is 88.2 Å². The van der Waals surface area contributed by atoms with Crippen molar-refractivity contribution in [3.8, 4) is 0 Å². The maximum absolute atomic E-state index is 13.4. The monoisotopic (exact) mass is 491 g/mol. The van der Waals surface area contributed by atoms with Gasteiger partial charge in [-0.25, -0.2) is 4.59 Å². The van der Waals surface area contributed by atoms with Crippen molar-refractivity contribution in [3.63, 3.8) is 0 Å². The summed E-state index contributed by atoms with van der Waals surface area (Å²) in [4.78, 5) is 15.5. The van der Waals surface area contributed by atoms with Crippen LogP contribution in [0, 0.1) is 6.92 Å². The maximum atomic E-state index is 13.4. The minimum absolute atomic E-state index is 0. The summed E-state index contributed by atoms with van der Waals surface area (Å²) in [5.74, 6) is 0.317. The minimum atomic E-state index is 0. The molecule has 5 heteroatoms. The largest absolute Gasteiger partial charge is 0.333 e. The van der Waals surface area contributed by atoms with Crippen LogP contribution in [0.5, 0.6) is 0 Å². The molecular weight excluding hydrogens is 432 g/mol. The van der Waals surface area contributed by atoms with E-state index in [1.54, 1.807) is 0 Å². The van der Waals surface area contributed by atoms with E-state index in [4.69, 9.17) is 0 Å². The van der Waals surface area contributed by atoms with E-state index in [-0.39, 0.29) is 13.5 Å². The van der Waals surface area contributed by atoms with Crippen LogP contribution in [0.25, 0.3) is 0 Å². The standard InChI is InChI=1S/C21H36N3O.C6H12.C2H7N.CH4/c1-5-7-15-23(17-19-12-10-18(3)11-13-19)21(25)20-9-8-16-24(20,4)22-14-6-2;1-4-5-6(2)3;1-3-2;/h10-13,20,22H,5-9,14-17H2,1-4H3;2,4-5H2,1,3H3;3H,1-2H3;1H4/q+1;;;. The van der Waals surface area contributed by atoms with E-state index >= 15 is 0 Å². The van der Waals surface area contributed by atoms with E-state index < -0.39 is 0 Å². The van der Waals surface area contributed by atoms with Gasteiger partial charge in [-0.1, -0.05) is 76.4 Å². The first-order chi connectivity index (χ1) is 16.2. The summed E-state index contributed by atoms with van der Waals surface area (Å²) in [6, 6.07) is 8.63. The maximum Gasteiger partial charge on any atom is 0.283 e. The zero-order valence-corrected chi connectivity index (χ0v) is 23.7. The van der Waals surface area contributed by atoms with E-state index in [0.717, 1.165) is 58.3 Å². The SMILES string of the molecule is C.C=C(C)CCC.CCCCN(Cc1ccc(C)cc1)C(=O)C1CCC[N+]1(C)NCCC.CNC. The number of rotatable bonds is 11. The number of unbranched alkanes of at least 4 members (excludes halogenated alkanes) is 1. The van der Waals surface area contributed by atoms with Crippen molar-refractivity contribution in [2.75, 3.05) is 40.8 Å². The van der Waals surface area contributed by atoms with Crippen LogP contribution < -0.4 is 10.7 Å². The number of benzene rings is 1. The molecule has 1 fully saturated rings. The van der Waals surface area contributed by atoms with Gasteiger partial charge < -0.3 is 10.2 Å². The predicted molar refractivity (Wildman–Crippen MR) is 155 cm³/mol. The molecule has 0 aliphatic carbocycles. The summed E-state index contributed by atoms with van der Waals surface area (Å²) in [6.07, 6.45) is 7.80. The summed E-state index contributed by atoms with van der Waals surface area (Å²) in [5, 5.41) is 2.75. The quantitative estimate of drug-likeness (QED) is 0.275. The lowest BCUT2D eigenvalue weighted by Gasteiger charge is -2.37. The number of nitrogens with zero attached hydrogens (tertiary/aromatic N) is 2. The Hall–Kier alpha value is -1.69. The predicted octanol–water partition coefficient (Wildman–Crippen LogP) is 6.48. The number of carbonyl (C=O) groups is 1. The Morgan fingerprint density at radius 3 is 2.17 bits per heavy atom. The molecule has 35 heavy (non-hydrogen) atoms. The highest BCUT2D eigenvalue weighted by molar-refractivity contribution is 5.81. The van der Waals surface area contributed by atoms with E-state index in [1.165, 1.54) is 29.5 Å². The van der Waals surface area contributed by atoms with Crippen LogP contribution in [-0.4, -0.2) is 62.2 Å². The van der Waals surface area contributed by atoms with E-state index in [1.807, 2.05) is 14.1 Å². The molecule has 2 rings (SSSR count). The summed E-state index contributed by atoms with van der Waals surface area (Å²) in [6.45, 7) is 18.0. The summed E-state index contributed by atoms with van der Waals surface area (Å²) in [5.41, 5.74) is 7.39. The van der Waals surface area contributed by atoms with E-state index in [0.29, 0.717) is 10.5 Å². The van der Waals surface area contributed by atoms with Gasteiger partial charge in [0, 0.05) is 32.5 Å². The molecule has 1 amide bonds. The molecule has 0 saturated carbocycles. The van der Waals surface area contributed by atoms with Crippen LogP contribution >= 0.6 is 0 Å². The number of aryl methyl sites for hydroxylation is 1. The smallest absolute Gasteiger partial charge is 0.283 e. The van der Waals surface area contributed by atoms with Crippen LogP contribution in [0.15, 0.2) is 36.4 Å². The number of nitrogens with one attached hydrogen (secondary N) is 2. The van der Waals surface area contributed by atoms with Crippen molar-refractivity contribution in [2.45, 2.75) is 99.6 Å². The summed E-state index contributed by atoms with van der Waals surface area (Å²) < 4.78 is 0.698. The number of likely N-dealkylation sites (tertiary alicyclic amines) is 1. The Morgan fingerprint density at radius 2 is 1.71 bits per heavy atom. The molecule has 1 aromatic carbocycles. The fraction of sp³-hybridized carbons (Fsp3) is 0.700. The lowest BCUT2D eigenvalue weighted by molar-refractivity contribution is -0.955. The first kappa shape index (κ1) is 35.5. The highest BCUT2D eigenvalue weighted by Gasteiger charge is 2.45. The molecule has 2 unspecified atom stereocenters. The number of hydrogen-bond acceptors (Lipinski definition) is 3. The number of hydrogen-bond donors (Lipinski definition) is 2. The minimum Gasteiger partial charge on any atom is -0.333 e. The second-order valence-electron chi connectivity index (χ2n) is 9.86. The van der Waals surface area contributed by atoms with Crippen LogP contribution in [0.2, 0.25) is 0 Å². The Morgan fingerprint density at radius 1 is 1.11 bits per heavy atom. The highest BCUT2D eigenvalue weighted by Crippen LogP contribution is 2.25. The zero-order chi connectivity index (χ0) is 26.0. The van der Waals surface area contributed by atoms with Crippen molar-refractivity contribution in [3.05, 3.63) is 47.5 Å². The third-order valence-corrected chi connectivity index (χ3v) is 6.06. The molecule has 1 aliphatic rings. The lowest BCUT2D eigenvalue weighted by atomic mass is 10.1. The molecular formula is C30H59N4O+. The van der Waals surface area contributed by atoms with Crippen molar-refractivity contribution in [2.24, 2.45) is 0 Å². The number of allylic oxidation sites excluding steroid dienone is 1. The molecule has 0 spiro atoms. The Labute approximate surface area is 218 Å². The fourth-order valence-electron chi connectivity index (χ4n) is 4.15. The van der Waals surface area contributed by atoms with Gasteiger partial charge in [0.05, 0.1) is 13.6 Å². The van der Waals surface area contributed by atoms with Crippen molar-refractivity contribution < 1.29 is 9.39 Å². The summed E-state index contributed by atoms with van der Waals surface area (Å²) >= 11 is 0. The molecule has 1 aliphatic heterocycles. The topological polar surface area (TPSA) is 44.4 Å². The molecule has 1 saturated heterocycles. The van der Waals surface area contributed by atoms with Gasteiger partial charge in [0.25, 0.3) is 5.91 Å². The van der Waals surface area contributed by atoms with Crippen molar-refractivity contribution >= 4 is 5.91 Å². The average molecular weight is 492 g/mol. The molecule has 2 N–H and O–H groups in total.